The Hall–Kier alpha value is -3.85. The summed E-state index contributed by atoms with van der Waals surface area (Å²) in [4.78, 5) is 32.1. The molecular formula is C27H28N2O6S. The van der Waals surface area contributed by atoms with Crippen LogP contribution in [0.3, 0.4) is 0 Å². The highest BCUT2D eigenvalue weighted by Crippen LogP contribution is 2.36. The summed E-state index contributed by atoms with van der Waals surface area (Å²) in [5.41, 5.74) is 1.89. The van der Waals surface area contributed by atoms with Crippen LogP contribution in [-0.4, -0.2) is 38.0 Å². The van der Waals surface area contributed by atoms with Gasteiger partial charge in [-0.15, -0.1) is 0 Å². The van der Waals surface area contributed by atoms with E-state index in [1.807, 2.05) is 31.2 Å². The Labute approximate surface area is 212 Å². The number of nitrogens with zero attached hydrogens (tertiary/aromatic N) is 2. The van der Waals surface area contributed by atoms with Crippen molar-refractivity contribution in [3.8, 4) is 17.2 Å². The first-order valence-corrected chi connectivity index (χ1v) is 12.4. The van der Waals surface area contributed by atoms with E-state index >= 15 is 0 Å². The van der Waals surface area contributed by atoms with Crippen molar-refractivity contribution in [2.75, 3.05) is 27.4 Å². The highest BCUT2D eigenvalue weighted by atomic mass is 32.1. The van der Waals surface area contributed by atoms with Crippen LogP contribution >= 0.6 is 11.3 Å². The van der Waals surface area contributed by atoms with Crippen LogP contribution < -0.4 is 29.1 Å². The van der Waals surface area contributed by atoms with Gasteiger partial charge in [0.15, 0.2) is 4.80 Å². The summed E-state index contributed by atoms with van der Waals surface area (Å²) in [6, 6.07) is 12.0. The molecule has 0 bridgehead atoms. The lowest BCUT2D eigenvalue weighted by Gasteiger charge is -2.26. The summed E-state index contributed by atoms with van der Waals surface area (Å²) in [6.07, 6.45) is 1.75. The Morgan fingerprint density at radius 3 is 2.56 bits per heavy atom. The predicted molar refractivity (Wildman–Crippen MR) is 138 cm³/mol. The molecule has 0 N–H and O–H groups in total. The summed E-state index contributed by atoms with van der Waals surface area (Å²) in [7, 11) is 3.15. The Kier molecular flexibility index (Phi) is 7.59. The highest BCUT2D eigenvalue weighted by molar-refractivity contribution is 7.07. The number of benzene rings is 2. The molecule has 1 aliphatic rings. The molecule has 4 rings (SSSR count). The van der Waals surface area contributed by atoms with Gasteiger partial charge in [-0.05, 0) is 51.1 Å². The van der Waals surface area contributed by atoms with Crippen molar-refractivity contribution in [1.29, 1.82) is 0 Å². The van der Waals surface area contributed by atoms with Crippen molar-refractivity contribution < 1.29 is 23.7 Å². The molecule has 0 unspecified atom stereocenters. The third-order valence-electron chi connectivity index (χ3n) is 5.75. The van der Waals surface area contributed by atoms with Crippen LogP contribution in [0, 0.1) is 0 Å². The average Bonchev–Trinajstić information content (AvgIpc) is 3.18. The zero-order valence-corrected chi connectivity index (χ0v) is 21.7. The maximum atomic E-state index is 13.9. The summed E-state index contributed by atoms with van der Waals surface area (Å²) in [6.45, 7) is 6.02. The monoisotopic (exact) mass is 508 g/mol. The van der Waals surface area contributed by atoms with E-state index in [0.717, 1.165) is 0 Å². The van der Waals surface area contributed by atoms with Crippen molar-refractivity contribution in [3.05, 3.63) is 84.5 Å². The first-order valence-electron chi connectivity index (χ1n) is 11.6. The standard InChI is InChI=1S/C27H28N2O6S/c1-6-34-21-11-9-8-10-19(21)24-23(26(31)35-7-2)16(3)28-27-29(24)25(30)22(36-27)15-17-14-18(32-4)12-13-20(17)33-5/h8-15,24H,6-7H2,1-5H3/t24-/m1/s1. The molecule has 0 spiro atoms. The fraction of sp³-hybridized carbons (Fsp3) is 0.296. The number of hydrogen-bond donors (Lipinski definition) is 0. The molecule has 0 radical (unpaired) electrons. The second-order valence-electron chi connectivity index (χ2n) is 7.88. The van der Waals surface area contributed by atoms with Gasteiger partial charge in [0.25, 0.3) is 5.56 Å². The quantitative estimate of drug-likeness (QED) is 0.434. The number of carbonyl (C=O) groups is 1. The van der Waals surface area contributed by atoms with Crippen molar-refractivity contribution in [3.63, 3.8) is 0 Å². The number of allylic oxidation sites excluding steroid dienone is 1. The van der Waals surface area contributed by atoms with E-state index in [1.165, 1.54) is 11.3 Å². The molecule has 1 aromatic heterocycles. The van der Waals surface area contributed by atoms with Crippen molar-refractivity contribution in [1.82, 2.24) is 4.57 Å². The van der Waals surface area contributed by atoms with Gasteiger partial charge in [-0.3, -0.25) is 9.36 Å². The topological polar surface area (TPSA) is 88.4 Å². The van der Waals surface area contributed by atoms with Gasteiger partial charge in [0.05, 0.1) is 43.2 Å². The molecule has 188 valence electrons. The minimum atomic E-state index is -0.752. The minimum absolute atomic E-state index is 0.204. The molecule has 2 heterocycles. The van der Waals surface area contributed by atoms with Gasteiger partial charge >= 0.3 is 5.97 Å². The zero-order chi connectivity index (χ0) is 25.8. The number of para-hydroxylation sites is 1. The predicted octanol–water partition coefficient (Wildman–Crippen LogP) is 3.21. The van der Waals surface area contributed by atoms with E-state index in [0.29, 0.717) is 55.6 Å². The average molecular weight is 509 g/mol. The summed E-state index contributed by atoms with van der Waals surface area (Å²) in [5.74, 6) is 1.31. The van der Waals surface area contributed by atoms with E-state index in [4.69, 9.17) is 18.9 Å². The Morgan fingerprint density at radius 2 is 1.86 bits per heavy atom. The molecule has 0 saturated carbocycles. The van der Waals surface area contributed by atoms with Gasteiger partial charge in [-0.1, -0.05) is 29.5 Å². The van der Waals surface area contributed by atoms with E-state index in [2.05, 4.69) is 4.99 Å². The summed E-state index contributed by atoms with van der Waals surface area (Å²) < 4.78 is 24.1. The number of esters is 1. The molecule has 8 nitrogen and oxygen atoms in total. The largest absolute Gasteiger partial charge is 0.497 e. The van der Waals surface area contributed by atoms with Crippen LogP contribution in [0.2, 0.25) is 0 Å². The molecule has 3 aromatic rings. The van der Waals surface area contributed by atoms with Gasteiger partial charge in [-0.25, -0.2) is 9.79 Å². The lowest BCUT2D eigenvalue weighted by atomic mass is 9.95. The SMILES string of the molecule is CCOC(=O)C1=C(C)N=c2sc(=Cc3cc(OC)ccc3OC)c(=O)n2[C@@H]1c1ccccc1OCC. The summed E-state index contributed by atoms with van der Waals surface area (Å²) in [5, 5.41) is 0. The first-order chi connectivity index (χ1) is 17.4. The van der Waals surface area contributed by atoms with Gasteiger partial charge in [0, 0.05) is 11.1 Å². The normalized spacial score (nSPS) is 15.2. The fourth-order valence-corrected chi connectivity index (χ4v) is 5.21. The molecule has 0 saturated heterocycles. The van der Waals surface area contributed by atoms with Gasteiger partial charge in [-0.2, -0.15) is 0 Å². The molecule has 1 aliphatic heterocycles. The lowest BCUT2D eigenvalue weighted by Crippen LogP contribution is -2.40. The van der Waals surface area contributed by atoms with Crippen LogP contribution in [0.5, 0.6) is 17.2 Å². The van der Waals surface area contributed by atoms with Crippen LogP contribution in [0.1, 0.15) is 37.9 Å². The van der Waals surface area contributed by atoms with Crippen molar-refractivity contribution in [2.45, 2.75) is 26.8 Å². The number of carbonyl (C=O) groups excluding carboxylic acids is 1. The van der Waals surface area contributed by atoms with E-state index < -0.39 is 12.0 Å². The van der Waals surface area contributed by atoms with Gasteiger partial charge < -0.3 is 18.9 Å². The molecule has 0 amide bonds. The van der Waals surface area contributed by atoms with Crippen molar-refractivity contribution >= 4 is 23.4 Å². The maximum absolute atomic E-state index is 13.9. The third-order valence-corrected chi connectivity index (χ3v) is 6.74. The van der Waals surface area contributed by atoms with Crippen LogP contribution in [-0.2, 0) is 9.53 Å². The number of aromatic nitrogens is 1. The molecule has 0 fully saturated rings. The maximum Gasteiger partial charge on any atom is 0.338 e. The minimum Gasteiger partial charge on any atom is -0.497 e. The molecule has 9 heteroatoms. The van der Waals surface area contributed by atoms with Crippen LogP contribution in [0.4, 0.5) is 0 Å². The Morgan fingerprint density at radius 1 is 1.08 bits per heavy atom. The second-order valence-corrected chi connectivity index (χ2v) is 8.89. The van der Waals surface area contributed by atoms with E-state index in [-0.39, 0.29) is 12.2 Å². The number of thiazole rings is 1. The third kappa shape index (κ3) is 4.66. The molecule has 2 aromatic carbocycles. The first kappa shape index (κ1) is 25.2. The van der Waals surface area contributed by atoms with Crippen LogP contribution in [0.25, 0.3) is 6.08 Å². The van der Waals surface area contributed by atoms with E-state index in [9.17, 15) is 9.59 Å². The molecular weight excluding hydrogens is 480 g/mol. The second kappa shape index (κ2) is 10.8. The smallest absolute Gasteiger partial charge is 0.338 e. The van der Waals surface area contributed by atoms with Gasteiger partial charge in [0.2, 0.25) is 0 Å². The number of ether oxygens (including phenoxy) is 4. The van der Waals surface area contributed by atoms with E-state index in [1.54, 1.807) is 56.9 Å². The number of rotatable bonds is 8. The number of fused-ring (bicyclic) bond motifs is 1. The van der Waals surface area contributed by atoms with Crippen molar-refractivity contribution in [2.24, 2.45) is 4.99 Å². The Balaban J connectivity index is 2.00. The molecule has 36 heavy (non-hydrogen) atoms. The Bertz CT molecular complexity index is 1500. The van der Waals surface area contributed by atoms with Gasteiger partial charge in [0.1, 0.15) is 23.3 Å². The number of hydrogen-bond acceptors (Lipinski definition) is 8. The number of methoxy groups -OCH3 is 2. The molecule has 0 aliphatic carbocycles. The van der Waals surface area contributed by atoms with Crippen LogP contribution in [0.15, 0.2) is 63.5 Å². The highest BCUT2D eigenvalue weighted by Gasteiger charge is 2.35. The fourth-order valence-electron chi connectivity index (χ4n) is 4.17. The lowest BCUT2D eigenvalue weighted by molar-refractivity contribution is -0.139. The zero-order valence-electron chi connectivity index (χ0n) is 20.9. The molecule has 1 atom stereocenters. The summed E-state index contributed by atoms with van der Waals surface area (Å²) >= 11 is 1.24.